The highest BCUT2D eigenvalue weighted by atomic mass is 16.4. The average molecular weight is 425 g/mol. The van der Waals surface area contributed by atoms with Crippen molar-refractivity contribution in [3.8, 4) is 11.5 Å². The second-order valence-corrected chi connectivity index (χ2v) is 8.99. The number of aromatic nitrogens is 1. The topological polar surface area (TPSA) is 61.6 Å². The van der Waals surface area contributed by atoms with Crippen LogP contribution in [0.2, 0.25) is 0 Å². The van der Waals surface area contributed by atoms with Gasteiger partial charge in [-0.2, -0.15) is 0 Å². The van der Waals surface area contributed by atoms with Crippen molar-refractivity contribution in [1.29, 1.82) is 0 Å². The van der Waals surface area contributed by atoms with Gasteiger partial charge in [-0.3, -0.25) is 9.69 Å². The van der Waals surface area contributed by atoms with Gasteiger partial charge in [0.2, 0.25) is 11.8 Å². The van der Waals surface area contributed by atoms with E-state index in [1.807, 2.05) is 6.92 Å². The van der Waals surface area contributed by atoms with E-state index in [1.54, 1.807) is 0 Å². The van der Waals surface area contributed by atoms with Crippen LogP contribution in [0.15, 0.2) is 28.7 Å². The van der Waals surface area contributed by atoms with Gasteiger partial charge in [0.1, 0.15) is 5.76 Å². The molecule has 1 atom stereocenters. The first-order valence-electron chi connectivity index (χ1n) is 11.9. The molecule has 2 saturated heterocycles. The number of likely N-dealkylation sites (tertiary alicyclic amines) is 2. The highest BCUT2D eigenvalue weighted by molar-refractivity contribution is 5.78. The van der Waals surface area contributed by atoms with E-state index < -0.39 is 0 Å². The number of oxazole rings is 1. The normalized spacial score (nSPS) is 20.3. The standard InChI is InChI=1S/C25H36N4O2/c1-3-20-8-10-21(11-9-20)25-27-23(19(2)31-25)18-29-15-6-7-22(17-29)24(30)26-12-16-28-13-4-5-14-28/h8-11,22H,3-7,12-18H2,1-2H3,(H,26,30). The summed E-state index contributed by atoms with van der Waals surface area (Å²) in [6.07, 6.45) is 5.63. The van der Waals surface area contributed by atoms with Crippen LogP contribution in [0.25, 0.3) is 11.5 Å². The van der Waals surface area contributed by atoms with Gasteiger partial charge in [0.25, 0.3) is 0 Å². The number of hydrogen-bond acceptors (Lipinski definition) is 5. The van der Waals surface area contributed by atoms with E-state index >= 15 is 0 Å². The number of nitrogens with one attached hydrogen (secondary N) is 1. The molecule has 1 aromatic carbocycles. The molecule has 2 aliphatic rings. The molecule has 0 saturated carbocycles. The maximum atomic E-state index is 12.7. The fraction of sp³-hybridized carbons (Fsp3) is 0.600. The molecule has 4 rings (SSSR count). The number of rotatable bonds is 8. The van der Waals surface area contributed by atoms with Crippen LogP contribution in [-0.4, -0.2) is 60.0 Å². The molecule has 31 heavy (non-hydrogen) atoms. The van der Waals surface area contributed by atoms with Crippen molar-refractivity contribution < 1.29 is 9.21 Å². The largest absolute Gasteiger partial charge is 0.441 e. The van der Waals surface area contributed by atoms with Crippen LogP contribution < -0.4 is 5.32 Å². The van der Waals surface area contributed by atoms with Gasteiger partial charge in [0.15, 0.2) is 0 Å². The predicted molar refractivity (Wildman–Crippen MR) is 123 cm³/mol. The van der Waals surface area contributed by atoms with Crippen molar-refractivity contribution >= 4 is 5.91 Å². The van der Waals surface area contributed by atoms with Crippen molar-refractivity contribution in [3.05, 3.63) is 41.3 Å². The molecule has 2 aromatic rings. The minimum Gasteiger partial charge on any atom is -0.441 e. The predicted octanol–water partition coefficient (Wildman–Crippen LogP) is 3.64. The first-order chi connectivity index (χ1) is 15.1. The Kier molecular flexibility index (Phi) is 7.41. The summed E-state index contributed by atoms with van der Waals surface area (Å²) in [5, 5.41) is 3.17. The van der Waals surface area contributed by atoms with Crippen molar-refractivity contribution in [1.82, 2.24) is 20.1 Å². The average Bonchev–Trinajstić information content (AvgIpc) is 3.44. The van der Waals surface area contributed by atoms with Gasteiger partial charge in [0, 0.05) is 31.7 Å². The molecule has 3 heterocycles. The molecular weight excluding hydrogens is 388 g/mol. The molecule has 168 valence electrons. The SMILES string of the molecule is CCc1ccc(-c2nc(CN3CCCC(C(=O)NCCN4CCCC4)C3)c(C)o2)cc1. The summed E-state index contributed by atoms with van der Waals surface area (Å²) >= 11 is 0. The van der Waals surface area contributed by atoms with E-state index in [0.29, 0.717) is 5.89 Å². The Labute approximate surface area is 186 Å². The number of carbonyl (C=O) groups excluding carboxylic acids is 1. The number of nitrogens with zero attached hydrogens (tertiary/aromatic N) is 3. The monoisotopic (exact) mass is 424 g/mol. The summed E-state index contributed by atoms with van der Waals surface area (Å²) in [7, 11) is 0. The third kappa shape index (κ3) is 5.74. The van der Waals surface area contributed by atoms with Crippen LogP contribution in [-0.2, 0) is 17.8 Å². The van der Waals surface area contributed by atoms with Gasteiger partial charge in [-0.15, -0.1) is 0 Å². The molecule has 1 amide bonds. The van der Waals surface area contributed by atoms with Gasteiger partial charge in [-0.1, -0.05) is 19.1 Å². The van der Waals surface area contributed by atoms with Crippen molar-refractivity contribution in [2.75, 3.05) is 39.3 Å². The molecule has 1 unspecified atom stereocenters. The summed E-state index contributed by atoms with van der Waals surface area (Å²) in [5.41, 5.74) is 3.30. The fourth-order valence-electron chi connectivity index (χ4n) is 4.69. The lowest BCUT2D eigenvalue weighted by atomic mass is 9.97. The summed E-state index contributed by atoms with van der Waals surface area (Å²) in [6, 6.07) is 8.42. The number of hydrogen-bond donors (Lipinski definition) is 1. The Morgan fingerprint density at radius 3 is 2.61 bits per heavy atom. The van der Waals surface area contributed by atoms with Gasteiger partial charge in [0.05, 0.1) is 11.6 Å². The summed E-state index contributed by atoms with van der Waals surface area (Å²) in [4.78, 5) is 22.3. The second-order valence-electron chi connectivity index (χ2n) is 8.99. The third-order valence-corrected chi connectivity index (χ3v) is 6.68. The Hall–Kier alpha value is -2.18. The molecule has 1 aromatic heterocycles. The zero-order valence-electron chi connectivity index (χ0n) is 19.0. The van der Waals surface area contributed by atoms with E-state index in [-0.39, 0.29) is 11.8 Å². The highest BCUT2D eigenvalue weighted by Crippen LogP contribution is 2.25. The van der Waals surface area contributed by atoms with E-state index in [9.17, 15) is 4.79 Å². The van der Waals surface area contributed by atoms with Crippen LogP contribution in [0.5, 0.6) is 0 Å². The molecule has 2 fully saturated rings. The number of amides is 1. The number of carbonyl (C=O) groups is 1. The van der Waals surface area contributed by atoms with Crippen molar-refractivity contribution in [2.24, 2.45) is 5.92 Å². The summed E-state index contributed by atoms with van der Waals surface area (Å²) in [5.74, 6) is 1.83. The first kappa shape index (κ1) is 22.0. The van der Waals surface area contributed by atoms with Crippen molar-refractivity contribution in [3.63, 3.8) is 0 Å². The quantitative estimate of drug-likeness (QED) is 0.701. The van der Waals surface area contributed by atoms with Crippen LogP contribution >= 0.6 is 0 Å². The second kappa shape index (κ2) is 10.4. The minimum atomic E-state index is 0.0700. The number of aryl methyl sites for hydroxylation is 2. The van der Waals surface area contributed by atoms with E-state index in [2.05, 4.69) is 46.3 Å². The van der Waals surface area contributed by atoms with Crippen molar-refractivity contribution in [2.45, 2.75) is 52.5 Å². The lowest BCUT2D eigenvalue weighted by Crippen LogP contribution is -2.44. The zero-order valence-corrected chi connectivity index (χ0v) is 19.0. The maximum absolute atomic E-state index is 12.7. The molecule has 0 bridgehead atoms. The Morgan fingerprint density at radius 1 is 1.13 bits per heavy atom. The third-order valence-electron chi connectivity index (χ3n) is 6.68. The van der Waals surface area contributed by atoms with Gasteiger partial charge in [-0.25, -0.2) is 4.98 Å². The van der Waals surface area contributed by atoms with Crippen LogP contribution in [0, 0.1) is 12.8 Å². The molecule has 2 aliphatic heterocycles. The molecule has 0 spiro atoms. The highest BCUT2D eigenvalue weighted by Gasteiger charge is 2.27. The Balaban J connectivity index is 1.30. The van der Waals surface area contributed by atoms with E-state index in [1.165, 1.54) is 31.5 Å². The van der Waals surface area contributed by atoms with Crippen LogP contribution in [0.3, 0.4) is 0 Å². The lowest BCUT2D eigenvalue weighted by Gasteiger charge is -2.31. The van der Waals surface area contributed by atoms with E-state index in [4.69, 9.17) is 9.40 Å². The van der Waals surface area contributed by atoms with Gasteiger partial charge < -0.3 is 14.6 Å². The summed E-state index contributed by atoms with van der Waals surface area (Å²) < 4.78 is 5.97. The number of benzene rings is 1. The molecule has 6 nitrogen and oxygen atoms in total. The number of piperidine rings is 1. The smallest absolute Gasteiger partial charge is 0.226 e. The molecule has 1 N–H and O–H groups in total. The lowest BCUT2D eigenvalue weighted by molar-refractivity contribution is -0.126. The fourth-order valence-corrected chi connectivity index (χ4v) is 4.69. The van der Waals surface area contributed by atoms with E-state index in [0.717, 1.165) is 69.0 Å². The molecule has 0 aliphatic carbocycles. The zero-order chi connectivity index (χ0) is 21.6. The van der Waals surface area contributed by atoms with Crippen LogP contribution in [0.1, 0.15) is 49.6 Å². The minimum absolute atomic E-state index is 0.0700. The summed E-state index contributed by atoms with van der Waals surface area (Å²) in [6.45, 7) is 10.8. The van der Waals surface area contributed by atoms with Gasteiger partial charge in [-0.05, 0) is 76.4 Å². The first-order valence-corrected chi connectivity index (χ1v) is 11.9. The van der Waals surface area contributed by atoms with Crippen LogP contribution in [0.4, 0.5) is 0 Å². The Morgan fingerprint density at radius 2 is 1.87 bits per heavy atom. The maximum Gasteiger partial charge on any atom is 0.226 e. The van der Waals surface area contributed by atoms with Gasteiger partial charge >= 0.3 is 0 Å². The Bertz CT molecular complexity index is 855. The molecular formula is C25H36N4O2. The molecule has 0 radical (unpaired) electrons. The molecule has 6 heteroatoms.